The number of rotatable bonds is 3. The molecule has 1 N–H and O–H groups in total. The second-order valence-electron chi connectivity index (χ2n) is 6.00. The van der Waals surface area contributed by atoms with Gasteiger partial charge < -0.3 is 4.98 Å². The van der Waals surface area contributed by atoms with E-state index in [9.17, 15) is 4.79 Å². The third kappa shape index (κ3) is 3.45. The van der Waals surface area contributed by atoms with E-state index in [2.05, 4.69) is 24.8 Å². The first-order chi connectivity index (χ1) is 12.2. The molecule has 0 bridgehead atoms. The molecule has 126 valence electrons. The third-order valence-electron chi connectivity index (χ3n) is 4.27. The molecule has 0 amide bonds. The Morgan fingerprint density at radius 1 is 1.20 bits per heavy atom. The average molecular weight is 354 g/mol. The largest absolute Gasteiger partial charge is 0.306 e. The zero-order valence-corrected chi connectivity index (χ0v) is 14.2. The Bertz CT molecular complexity index is 940. The van der Waals surface area contributed by atoms with Crippen molar-refractivity contribution in [1.29, 1.82) is 0 Å². The average Bonchev–Trinajstić information content (AvgIpc) is 2.63. The normalized spacial score (nSPS) is 14.3. The monoisotopic (exact) mass is 353 g/mol. The van der Waals surface area contributed by atoms with Crippen LogP contribution in [0.2, 0.25) is 5.02 Å². The van der Waals surface area contributed by atoms with Crippen molar-refractivity contribution in [2.45, 2.75) is 19.5 Å². The van der Waals surface area contributed by atoms with Crippen LogP contribution in [0.25, 0.3) is 11.4 Å². The summed E-state index contributed by atoms with van der Waals surface area (Å²) < 4.78 is 0. The molecule has 0 atom stereocenters. The van der Waals surface area contributed by atoms with Gasteiger partial charge in [0.05, 0.1) is 17.0 Å². The predicted molar refractivity (Wildman–Crippen MR) is 95.2 cm³/mol. The lowest BCUT2D eigenvalue weighted by Crippen LogP contribution is -2.35. The van der Waals surface area contributed by atoms with Crippen LogP contribution in [0.5, 0.6) is 0 Å². The quantitative estimate of drug-likeness (QED) is 0.782. The van der Waals surface area contributed by atoms with Gasteiger partial charge in [0, 0.05) is 55.2 Å². The van der Waals surface area contributed by atoms with Crippen LogP contribution in [0.4, 0.5) is 0 Å². The summed E-state index contributed by atoms with van der Waals surface area (Å²) in [6.07, 6.45) is 5.82. The molecule has 1 aliphatic rings. The molecule has 1 aromatic carbocycles. The van der Waals surface area contributed by atoms with Crippen LogP contribution < -0.4 is 5.56 Å². The fraction of sp³-hybridized carbons (Fsp3) is 0.222. The Labute approximate surface area is 149 Å². The van der Waals surface area contributed by atoms with Crippen molar-refractivity contribution in [3.63, 3.8) is 0 Å². The Morgan fingerprint density at radius 3 is 2.80 bits per heavy atom. The molecule has 0 unspecified atom stereocenters. The molecule has 6 nitrogen and oxygen atoms in total. The highest BCUT2D eigenvalue weighted by atomic mass is 35.5. The maximum absolute atomic E-state index is 12.5. The molecule has 1 aliphatic heterocycles. The van der Waals surface area contributed by atoms with Crippen LogP contribution in [0.3, 0.4) is 0 Å². The molecule has 0 saturated heterocycles. The summed E-state index contributed by atoms with van der Waals surface area (Å²) in [5.41, 5.74) is 3.26. The predicted octanol–water partition coefficient (Wildman–Crippen LogP) is 2.44. The van der Waals surface area contributed by atoms with E-state index < -0.39 is 0 Å². The lowest BCUT2D eigenvalue weighted by atomic mass is 10.1. The van der Waals surface area contributed by atoms with Gasteiger partial charge in [-0.2, -0.15) is 0 Å². The third-order valence-corrected chi connectivity index (χ3v) is 4.52. The van der Waals surface area contributed by atoms with Crippen LogP contribution in [-0.4, -0.2) is 31.4 Å². The van der Waals surface area contributed by atoms with Crippen LogP contribution in [0.1, 0.15) is 17.0 Å². The number of fused-ring (bicyclic) bond motifs is 1. The Kier molecular flexibility index (Phi) is 4.29. The Balaban J connectivity index is 1.59. The second kappa shape index (κ2) is 6.74. The topological polar surface area (TPSA) is 74.8 Å². The van der Waals surface area contributed by atoms with Gasteiger partial charge in [-0.1, -0.05) is 11.6 Å². The zero-order chi connectivity index (χ0) is 17.2. The second-order valence-corrected chi connectivity index (χ2v) is 6.44. The van der Waals surface area contributed by atoms with Crippen LogP contribution in [0, 0.1) is 0 Å². The van der Waals surface area contributed by atoms with Crippen LogP contribution in [-0.2, 0) is 19.5 Å². The van der Waals surface area contributed by atoms with E-state index >= 15 is 0 Å². The Hall–Kier alpha value is -2.57. The van der Waals surface area contributed by atoms with Crippen molar-refractivity contribution < 1.29 is 0 Å². The van der Waals surface area contributed by atoms with Gasteiger partial charge in [-0.25, -0.2) is 4.98 Å². The lowest BCUT2D eigenvalue weighted by Gasteiger charge is -2.27. The number of aromatic amines is 1. The zero-order valence-electron chi connectivity index (χ0n) is 13.4. The number of halogens is 1. The molecule has 25 heavy (non-hydrogen) atoms. The fourth-order valence-electron chi connectivity index (χ4n) is 3.00. The first-order valence-electron chi connectivity index (χ1n) is 8.04. The highest BCUT2D eigenvalue weighted by molar-refractivity contribution is 6.30. The minimum absolute atomic E-state index is 0.0844. The molecular formula is C18H16ClN5O. The fourth-order valence-corrected chi connectivity index (χ4v) is 3.13. The first-order valence-corrected chi connectivity index (χ1v) is 8.42. The Morgan fingerprint density at radius 2 is 2.04 bits per heavy atom. The highest BCUT2D eigenvalue weighted by Gasteiger charge is 2.21. The molecule has 4 rings (SSSR count). The van der Waals surface area contributed by atoms with Gasteiger partial charge in [0.25, 0.3) is 5.56 Å². The molecule has 2 aromatic heterocycles. The van der Waals surface area contributed by atoms with E-state index in [0.717, 1.165) is 35.5 Å². The molecule has 0 saturated carbocycles. The highest BCUT2D eigenvalue weighted by Crippen LogP contribution is 2.21. The molecule has 3 aromatic rings. The summed E-state index contributed by atoms with van der Waals surface area (Å²) in [7, 11) is 0. The number of benzene rings is 1. The minimum atomic E-state index is -0.0844. The molecule has 7 heteroatoms. The first kappa shape index (κ1) is 15.9. The van der Waals surface area contributed by atoms with E-state index in [4.69, 9.17) is 11.6 Å². The maximum Gasteiger partial charge on any atom is 0.255 e. The summed E-state index contributed by atoms with van der Waals surface area (Å²) in [6, 6.07) is 7.30. The maximum atomic E-state index is 12.5. The van der Waals surface area contributed by atoms with Crippen LogP contribution in [0.15, 0.2) is 47.7 Å². The van der Waals surface area contributed by atoms with Gasteiger partial charge in [0.15, 0.2) is 0 Å². The number of hydrogen-bond donors (Lipinski definition) is 1. The van der Waals surface area contributed by atoms with Crippen LogP contribution >= 0.6 is 11.6 Å². The van der Waals surface area contributed by atoms with Gasteiger partial charge in [-0.15, -0.1) is 0 Å². The minimum Gasteiger partial charge on any atom is -0.306 e. The van der Waals surface area contributed by atoms with Crippen molar-refractivity contribution in [3.8, 4) is 11.4 Å². The van der Waals surface area contributed by atoms with Gasteiger partial charge in [0.1, 0.15) is 5.82 Å². The summed E-state index contributed by atoms with van der Waals surface area (Å²) in [5.74, 6) is 0.586. The van der Waals surface area contributed by atoms with E-state index in [1.807, 2.05) is 12.1 Å². The van der Waals surface area contributed by atoms with Crippen molar-refractivity contribution in [1.82, 2.24) is 24.8 Å². The van der Waals surface area contributed by atoms with Crippen molar-refractivity contribution in [2.24, 2.45) is 0 Å². The molecule has 0 aliphatic carbocycles. The van der Waals surface area contributed by atoms with Crippen molar-refractivity contribution in [2.75, 3.05) is 6.54 Å². The molecular weight excluding hydrogens is 338 g/mol. The van der Waals surface area contributed by atoms with Crippen molar-refractivity contribution >= 4 is 11.6 Å². The molecule has 0 spiro atoms. The van der Waals surface area contributed by atoms with Gasteiger partial charge in [-0.05, 0) is 24.3 Å². The number of aromatic nitrogens is 4. The van der Waals surface area contributed by atoms with Gasteiger partial charge in [0.2, 0.25) is 0 Å². The summed E-state index contributed by atoms with van der Waals surface area (Å²) in [6.45, 7) is 2.07. The molecule has 3 heterocycles. The molecule has 0 fully saturated rings. The smallest absolute Gasteiger partial charge is 0.255 e. The number of H-pyrrole nitrogens is 1. The van der Waals surface area contributed by atoms with E-state index in [0.29, 0.717) is 23.9 Å². The standard InChI is InChI=1S/C18H16ClN5O/c19-13-3-1-12(2-4-13)17-22-16-5-8-24(11-15(16)18(25)23-17)10-14-9-20-6-7-21-14/h1-4,6-7,9H,5,8,10-11H2,(H,22,23,25). The van der Waals surface area contributed by atoms with Crippen molar-refractivity contribution in [3.05, 3.63) is 75.2 Å². The lowest BCUT2D eigenvalue weighted by molar-refractivity contribution is 0.238. The van der Waals surface area contributed by atoms with E-state index in [-0.39, 0.29) is 5.56 Å². The number of hydrogen-bond acceptors (Lipinski definition) is 5. The summed E-state index contributed by atoms with van der Waals surface area (Å²) in [4.78, 5) is 30.7. The SMILES string of the molecule is O=c1[nH]c(-c2ccc(Cl)cc2)nc2c1CN(Cc1cnccn1)CC2. The summed E-state index contributed by atoms with van der Waals surface area (Å²) in [5, 5.41) is 0.656. The van der Waals surface area contributed by atoms with E-state index in [1.54, 1.807) is 30.7 Å². The van der Waals surface area contributed by atoms with Gasteiger partial charge in [-0.3, -0.25) is 19.7 Å². The molecule has 0 radical (unpaired) electrons. The van der Waals surface area contributed by atoms with Gasteiger partial charge >= 0.3 is 0 Å². The number of nitrogens with zero attached hydrogens (tertiary/aromatic N) is 4. The summed E-state index contributed by atoms with van der Waals surface area (Å²) >= 11 is 5.92. The van der Waals surface area contributed by atoms with E-state index in [1.165, 1.54) is 0 Å². The number of nitrogens with one attached hydrogen (secondary N) is 1.